The number of hydrogen-bond acceptors (Lipinski definition) is 4. The van der Waals surface area contributed by atoms with Crippen molar-refractivity contribution in [1.82, 2.24) is 0 Å². The molecular weight excluding hydrogens is 282 g/mol. The first-order valence-corrected chi connectivity index (χ1v) is 8.18. The summed E-state index contributed by atoms with van der Waals surface area (Å²) in [5.41, 5.74) is 7.41. The highest BCUT2D eigenvalue weighted by Crippen LogP contribution is 2.27. The van der Waals surface area contributed by atoms with Gasteiger partial charge in [0.25, 0.3) is 0 Å². The average Bonchev–Trinajstić information content (AvgIpc) is 3.01. The molecule has 0 saturated carbocycles. The average molecular weight is 305 g/mol. The van der Waals surface area contributed by atoms with E-state index in [0.717, 1.165) is 30.6 Å². The minimum absolute atomic E-state index is 0.0173. The molecule has 1 atom stereocenters. The quantitative estimate of drug-likeness (QED) is 0.717. The predicted molar refractivity (Wildman–Crippen MR) is 88.0 cm³/mol. The third-order valence-electron chi connectivity index (χ3n) is 3.38. The maximum absolute atomic E-state index is 6.33. The molecule has 0 radical (unpaired) electrons. The summed E-state index contributed by atoms with van der Waals surface area (Å²) in [4.78, 5) is 1.42. The summed E-state index contributed by atoms with van der Waals surface area (Å²) in [6.07, 6.45) is 3.15. The summed E-state index contributed by atoms with van der Waals surface area (Å²) >= 11 is 1.81. The molecule has 0 aliphatic carbocycles. The molecule has 2 N–H and O–H groups in total. The summed E-state index contributed by atoms with van der Waals surface area (Å²) in [5, 5.41) is 2.12. The van der Waals surface area contributed by atoms with Gasteiger partial charge in [0.05, 0.1) is 6.61 Å². The molecule has 0 amide bonds. The van der Waals surface area contributed by atoms with Gasteiger partial charge in [0.2, 0.25) is 0 Å². The summed E-state index contributed by atoms with van der Waals surface area (Å²) in [6.45, 7) is 1.14. The van der Waals surface area contributed by atoms with Crippen LogP contribution in [-0.4, -0.2) is 20.3 Å². The van der Waals surface area contributed by atoms with Gasteiger partial charge in [0, 0.05) is 23.6 Å². The summed E-state index contributed by atoms with van der Waals surface area (Å²) < 4.78 is 10.8. The monoisotopic (exact) mass is 305 g/mol. The smallest absolute Gasteiger partial charge is 0.124 e. The van der Waals surface area contributed by atoms with Crippen LogP contribution < -0.4 is 10.5 Å². The van der Waals surface area contributed by atoms with E-state index in [1.54, 1.807) is 7.11 Å². The van der Waals surface area contributed by atoms with Crippen LogP contribution in [0.15, 0.2) is 41.8 Å². The lowest BCUT2D eigenvalue weighted by Crippen LogP contribution is -2.13. The minimum Gasteiger partial charge on any atom is -0.491 e. The van der Waals surface area contributed by atoms with Crippen molar-refractivity contribution in [2.75, 3.05) is 20.3 Å². The summed E-state index contributed by atoms with van der Waals surface area (Å²) in [5.74, 6) is 0.873. The molecule has 2 aromatic rings. The molecule has 0 aliphatic heterocycles. The fourth-order valence-corrected chi connectivity index (χ4v) is 3.01. The SMILES string of the molecule is COCCOc1ccccc1C(N)CCCc1cccs1. The van der Waals surface area contributed by atoms with E-state index in [1.807, 2.05) is 29.5 Å². The van der Waals surface area contributed by atoms with E-state index in [2.05, 4.69) is 23.6 Å². The van der Waals surface area contributed by atoms with Crippen LogP contribution >= 0.6 is 11.3 Å². The number of thiophene rings is 1. The van der Waals surface area contributed by atoms with Crippen molar-refractivity contribution in [3.8, 4) is 5.75 Å². The molecule has 0 aliphatic rings. The summed E-state index contributed by atoms with van der Waals surface area (Å²) in [6, 6.07) is 12.3. The first-order valence-electron chi connectivity index (χ1n) is 7.30. The van der Waals surface area contributed by atoms with E-state index in [0.29, 0.717) is 13.2 Å². The number of para-hydroxylation sites is 1. The molecule has 0 saturated heterocycles. The largest absolute Gasteiger partial charge is 0.491 e. The first kappa shape index (κ1) is 16.0. The molecule has 1 aromatic carbocycles. The van der Waals surface area contributed by atoms with Crippen molar-refractivity contribution in [3.05, 3.63) is 52.2 Å². The Kier molecular flexibility index (Phi) is 6.73. The maximum atomic E-state index is 6.33. The second kappa shape index (κ2) is 8.82. The third kappa shape index (κ3) is 5.16. The normalized spacial score (nSPS) is 12.3. The van der Waals surface area contributed by atoms with E-state index in [1.165, 1.54) is 4.88 Å². The van der Waals surface area contributed by atoms with E-state index in [-0.39, 0.29) is 6.04 Å². The molecule has 1 heterocycles. The number of nitrogens with two attached hydrogens (primary N) is 1. The highest BCUT2D eigenvalue weighted by Gasteiger charge is 2.11. The molecule has 0 fully saturated rings. The molecular formula is C17H23NO2S. The molecule has 3 nitrogen and oxygen atoms in total. The number of aryl methyl sites for hydroxylation is 1. The van der Waals surface area contributed by atoms with Crippen LogP contribution in [0, 0.1) is 0 Å². The highest BCUT2D eigenvalue weighted by atomic mass is 32.1. The van der Waals surface area contributed by atoms with Crippen LogP contribution in [0.5, 0.6) is 5.75 Å². The van der Waals surface area contributed by atoms with Crippen LogP contribution in [-0.2, 0) is 11.2 Å². The zero-order valence-corrected chi connectivity index (χ0v) is 13.3. The first-order chi connectivity index (χ1) is 10.3. The van der Waals surface area contributed by atoms with Crippen molar-refractivity contribution in [2.24, 2.45) is 5.73 Å². The van der Waals surface area contributed by atoms with Gasteiger partial charge in [-0.1, -0.05) is 24.3 Å². The standard InChI is InChI=1S/C17H23NO2S/c1-19-11-12-20-17-10-3-2-8-15(17)16(18)9-4-6-14-7-5-13-21-14/h2-3,5,7-8,10,13,16H,4,6,9,11-12,18H2,1H3. The lowest BCUT2D eigenvalue weighted by Gasteiger charge is -2.16. The van der Waals surface area contributed by atoms with Crippen molar-refractivity contribution < 1.29 is 9.47 Å². The summed E-state index contributed by atoms with van der Waals surface area (Å²) in [7, 11) is 1.67. The minimum atomic E-state index is 0.0173. The predicted octanol–water partition coefficient (Wildman–Crippen LogP) is 3.80. The molecule has 0 bridgehead atoms. The van der Waals surface area contributed by atoms with Gasteiger partial charge in [-0.15, -0.1) is 11.3 Å². The zero-order valence-electron chi connectivity index (χ0n) is 12.5. The Morgan fingerprint density at radius 2 is 2.00 bits per heavy atom. The second-order valence-electron chi connectivity index (χ2n) is 4.96. The molecule has 2 rings (SSSR count). The number of hydrogen-bond donors (Lipinski definition) is 1. The number of ether oxygens (including phenoxy) is 2. The van der Waals surface area contributed by atoms with E-state index in [9.17, 15) is 0 Å². The van der Waals surface area contributed by atoms with Crippen molar-refractivity contribution in [3.63, 3.8) is 0 Å². The van der Waals surface area contributed by atoms with Crippen molar-refractivity contribution in [2.45, 2.75) is 25.3 Å². The number of rotatable bonds is 9. The highest BCUT2D eigenvalue weighted by molar-refractivity contribution is 7.09. The molecule has 1 unspecified atom stereocenters. The van der Waals surface area contributed by atoms with Gasteiger partial charge in [-0.25, -0.2) is 0 Å². The second-order valence-corrected chi connectivity index (χ2v) is 5.99. The van der Waals surface area contributed by atoms with Crippen LogP contribution in [0.1, 0.15) is 29.3 Å². The maximum Gasteiger partial charge on any atom is 0.124 e. The van der Waals surface area contributed by atoms with Gasteiger partial charge in [0.1, 0.15) is 12.4 Å². The third-order valence-corrected chi connectivity index (χ3v) is 4.32. The Bertz CT molecular complexity index is 513. The Labute approximate surface area is 130 Å². The van der Waals surface area contributed by atoms with E-state index < -0.39 is 0 Å². The van der Waals surface area contributed by atoms with E-state index in [4.69, 9.17) is 15.2 Å². The van der Waals surface area contributed by atoms with Crippen LogP contribution in [0.25, 0.3) is 0 Å². The van der Waals surface area contributed by atoms with Crippen LogP contribution in [0.2, 0.25) is 0 Å². The fraction of sp³-hybridized carbons (Fsp3) is 0.412. The van der Waals surface area contributed by atoms with Gasteiger partial charge in [-0.2, -0.15) is 0 Å². The molecule has 1 aromatic heterocycles. The number of methoxy groups -OCH3 is 1. The molecule has 4 heteroatoms. The van der Waals surface area contributed by atoms with Gasteiger partial charge in [0.15, 0.2) is 0 Å². The zero-order chi connectivity index (χ0) is 14.9. The molecule has 0 spiro atoms. The Hall–Kier alpha value is -1.36. The van der Waals surface area contributed by atoms with Gasteiger partial charge < -0.3 is 15.2 Å². The lowest BCUT2D eigenvalue weighted by molar-refractivity contribution is 0.145. The Morgan fingerprint density at radius 3 is 2.76 bits per heavy atom. The van der Waals surface area contributed by atoms with E-state index >= 15 is 0 Å². The van der Waals surface area contributed by atoms with Gasteiger partial charge >= 0.3 is 0 Å². The van der Waals surface area contributed by atoms with Crippen LogP contribution in [0.4, 0.5) is 0 Å². The van der Waals surface area contributed by atoms with Crippen LogP contribution in [0.3, 0.4) is 0 Å². The Balaban J connectivity index is 1.87. The Morgan fingerprint density at radius 1 is 1.14 bits per heavy atom. The topological polar surface area (TPSA) is 44.5 Å². The fourth-order valence-electron chi connectivity index (χ4n) is 2.26. The van der Waals surface area contributed by atoms with Gasteiger partial charge in [-0.05, 0) is 36.8 Å². The molecule has 114 valence electrons. The lowest BCUT2D eigenvalue weighted by atomic mass is 10.0. The van der Waals surface area contributed by atoms with Crippen molar-refractivity contribution >= 4 is 11.3 Å². The molecule has 21 heavy (non-hydrogen) atoms. The van der Waals surface area contributed by atoms with Gasteiger partial charge in [-0.3, -0.25) is 0 Å². The number of benzene rings is 1. The van der Waals surface area contributed by atoms with Crippen molar-refractivity contribution in [1.29, 1.82) is 0 Å².